The number of aryl methyl sites for hydroxylation is 2. The zero-order chi connectivity index (χ0) is 15.4. The molecule has 2 aromatic rings. The molecule has 21 heavy (non-hydrogen) atoms. The number of alkyl halides is 1. The number of hydrogen-bond donors (Lipinski definition) is 0. The Hall–Kier alpha value is -0.680. The fourth-order valence-electron chi connectivity index (χ4n) is 2.47. The third kappa shape index (κ3) is 4.16. The molecule has 114 valence electrons. The zero-order valence-corrected chi connectivity index (χ0v) is 15.4. The van der Waals surface area contributed by atoms with E-state index in [1.807, 2.05) is 19.1 Å². The van der Waals surface area contributed by atoms with Crippen LogP contribution in [0, 0.1) is 18.7 Å². The van der Waals surface area contributed by atoms with E-state index in [0.29, 0.717) is 5.92 Å². The van der Waals surface area contributed by atoms with Crippen LogP contribution in [0.15, 0.2) is 28.7 Å². The van der Waals surface area contributed by atoms with Crippen molar-refractivity contribution in [3.8, 4) is 0 Å². The van der Waals surface area contributed by atoms with Gasteiger partial charge in [-0.25, -0.2) is 4.39 Å². The van der Waals surface area contributed by atoms with E-state index >= 15 is 0 Å². The smallest absolute Gasteiger partial charge is 0.123 e. The van der Waals surface area contributed by atoms with Crippen molar-refractivity contribution in [1.29, 1.82) is 0 Å². The Labute approximate surface area is 142 Å². The molecule has 2 nitrogen and oxygen atoms in total. The molecule has 1 aromatic carbocycles. The van der Waals surface area contributed by atoms with Gasteiger partial charge in [0.2, 0.25) is 0 Å². The van der Waals surface area contributed by atoms with Crippen LogP contribution >= 0.6 is 31.9 Å². The SMILES string of the molecule is CCn1nc(C)c(Br)c1CC(CBr)Cc1ccc(F)cc1. The fourth-order valence-corrected chi connectivity index (χ4v) is 3.38. The number of benzene rings is 1. The second-order valence-corrected chi connectivity index (χ2v) is 6.66. The summed E-state index contributed by atoms with van der Waals surface area (Å²) in [5.41, 5.74) is 3.43. The minimum atomic E-state index is -0.184. The molecule has 5 heteroatoms. The van der Waals surface area contributed by atoms with Crippen molar-refractivity contribution in [2.45, 2.75) is 33.2 Å². The first-order chi connectivity index (χ1) is 10.0. The topological polar surface area (TPSA) is 17.8 Å². The van der Waals surface area contributed by atoms with E-state index in [0.717, 1.165) is 40.4 Å². The summed E-state index contributed by atoms with van der Waals surface area (Å²) >= 11 is 7.25. The second-order valence-electron chi connectivity index (χ2n) is 5.22. The van der Waals surface area contributed by atoms with Crippen LogP contribution in [-0.4, -0.2) is 15.1 Å². The molecule has 0 spiro atoms. The average Bonchev–Trinajstić information content (AvgIpc) is 2.76. The Bertz CT molecular complexity index is 593. The van der Waals surface area contributed by atoms with Crippen molar-refractivity contribution < 1.29 is 4.39 Å². The third-order valence-corrected chi connectivity index (χ3v) is 5.54. The van der Waals surface area contributed by atoms with Gasteiger partial charge < -0.3 is 0 Å². The molecular formula is C16H19Br2FN2. The first-order valence-corrected chi connectivity index (χ1v) is 8.98. The molecule has 1 unspecified atom stereocenters. The minimum Gasteiger partial charge on any atom is -0.268 e. The van der Waals surface area contributed by atoms with Gasteiger partial charge in [-0.15, -0.1) is 0 Å². The Kier molecular flexibility index (Phi) is 5.99. The highest BCUT2D eigenvalue weighted by Crippen LogP contribution is 2.26. The average molecular weight is 418 g/mol. The van der Waals surface area contributed by atoms with Crippen molar-refractivity contribution in [3.05, 3.63) is 51.5 Å². The van der Waals surface area contributed by atoms with E-state index in [9.17, 15) is 4.39 Å². The molecule has 1 aromatic heterocycles. The van der Waals surface area contributed by atoms with Gasteiger partial charge in [-0.2, -0.15) is 5.10 Å². The first-order valence-electron chi connectivity index (χ1n) is 7.07. The van der Waals surface area contributed by atoms with Gasteiger partial charge in [0.15, 0.2) is 0 Å². The zero-order valence-electron chi connectivity index (χ0n) is 12.2. The van der Waals surface area contributed by atoms with E-state index in [1.165, 1.54) is 17.8 Å². The van der Waals surface area contributed by atoms with Crippen LogP contribution in [0.1, 0.15) is 23.9 Å². The predicted molar refractivity (Wildman–Crippen MR) is 91.4 cm³/mol. The highest BCUT2D eigenvalue weighted by atomic mass is 79.9. The van der Waals surface area contributed by atoms with Gasteiger partial charge in [0.1, 0.15) is 5.82 Å². The largest absolute Gasteiger partial charge is 0.268 e. The van der Waals surface area contributed by atoms with Crippen molar-refractivity contribution in [2.75, 3.05) is 5.33 Å². The lowest BCUT2D eigenvalue weighted by Crippen LogP contribution is -2.14. The summed E-state index contributed by atoms with van der Waals surface area (Å²) in [6, 6.07) is 6.78. The van der Waals surface area contributed by atoms with Crippen molar-refractivity contribution in [2.24, 2.45) is 5.92 Å². The van der Waals surface area contributed by atoms with Crippen LogP contribution in [0.5, 0.6) is 0 Å². The van der Waals surface area contributed by atoms with Crippen molar-refractivity contribution >= 4 is 31.9 Å². The number of aromatic nitrogens is 2. The van der Waals surface area contributed by atoms with Crippen molar-refractivity contribution in [3.63, 3.8) is 0 Å². The first kappa shape index (κ1) is 16.7. The van der Waals surface area contributed by atoms with E-state index in [-0.39, 0.29) is 5.82 Å². The summed E-state index contributed by atoms with van der Waals surface area (Å²) < 4.78 is 16.1. The Morgan fingerprint density at radius 1 is 1.24 bits per heavy atom. The normalized spacial score (nSPS) is 12.6. The molecule has 0 amide bonds. The Morgan fingerprint density at radius 2 is 1.90 bits per heavy atom. The maximum absolute atomic E-state index is 13.0. The maximum atomic E-state index is 13.0. The molecule has 1 atom stereocenters. The monoisotopic (exact) mass is 416 g/mol. The van der Waals surface area contributed by atoms with Crippen molar-refractivity contribution in [1.82, 2.24) is 9.78 Å². The van der Waals surface area contributed by atoms with Gasteiger partial charge in [-0.05, 0) is 66.2 Å². The van der Waals surface area contributed by atoms with Gasteiger partial charge in [0.05, 0.1) is 15.9 Å². The minimum absolute atomic E-state index is 0.184. The molecule has 1 heterocycles. The Balaban J connectivity index is 2.14. The quantitative estimate of drug-likeness (QED) is 0.610. The van der Waals surface area contributed by atoms with E-state index < -0.39 is 0 Å². The van der Waals surface area contributed by atoms with Crippen LogP contribution in [0.3, 0.4) is 0 Å². The van der Waals surface area contributed by atoms with Crippen LogP contribution in [-0.2, 0) is 19.4 Å². The molecule has 0 aliphatic heterocycles. The summed E-state index contributed by atoms with van der Waals surface area (Å²) in [7, 11) is 0. The predicted octanol–water partition coefficient (Wildman–Crippen LogP) is 4.91. The summed E-state index contributed by atoms with van der Waals surface area (Å²) in [4.78, 5) is 0. The molecule has 0 fully saturated rings. The lowest BCUT2D eigenvalue weighted by atomic mass is 9.96. The fraction of sp³-hybridized carbons (Fsp3) is 0.438. The molecule has 0 N–H and O–H groups in total. The molecular weight excluding hydrogens is 399 g/mol. The summed E-state index contributed by atoms with van der Waals surface area (Å²) in [5.74, 6) is 0.268. The molecule has 0 saturated heterocycles. The lowest BCUT2D eigenvalue weighted by Gasteiger charge is -2.15. The van der Waals surface area contributed by atoms with Gasteiger partial charge in [0.25, 0.3) is 0 Å². The van der Waals surface area contributed by atoms with E-state index in [4.69, 9.17) is 0 Å². The molecule has 0 bridgehead atoms. The van der Waals surface area contributed by atoms with Crippen LogP contribution in [0.4, 0.5) is 4.39 Å². The Morgan fingerprint density at radius 3 is 2.48 bits per heavy atom. The molecule has 0 saturated carbocycles. The standard InChI is InChI=1S/C16H19Br2FN2/c1-3-21-15(16(18)11(2)20-21)9-13(10-17)8-12-4-6-14(19)7-5-12/h4-7,13H,3,8-10H2,1-2H3. The third-order valence-electron chi connectivity index (χ3n) is 3.59. The second kappa shape index (κ2) is 7.54. The maximum Gasteiger partial charge on any atom is 0.123 e. The number of nitrogens with zero attached hydrogens (tertiary/aromatic N) is 2. The van der Waals surface area contributed by atoms with Crippen LogP contribution < -0.4 is 0 Å². The molecule has 0 aliphatic carbocycles. The number of hydrogen-bond acceptors (Lipinski definition) is 1. The highest BCUT2D eigenvalue weighted by Gasteiger charge is 2.17. The number of halogens is 3. The highest BCUT2D eigenvalue weighted by molar-refractivity contribution is 9.10. The number of rotatable bonds is 6. The van der Waals surface area contributed by atoms with E-state index in [1.54, 1.807) is 0 Å². The molecule has 2 rings (SSSR count). The molecule has 0 radical (unpaired) electrons. The van der Waals surface area contributed by atoms with Gasteiger partial charge >= 0.3 is 0 Å². The van der Waals surface area contributed by atoms with Gasteiger partial charge in [0, 0.05) is 11.9 Å². The summed E-state index contributed by atoms with van der Waals surface area (Å²) in [6.45, 7) is 4.99. The van der Waals surface area contributed by atoms with Crippen LogP contribution in [0.25, 0.3) is 0 Å². The van der Waals surface area contributed by atoms with Gasteiger partial charge in [-0.1, -0.05) is 28.1 Å². The van der Waals surface area contributed by atoms with Crippen LogP contribution in [0.2, 0.25) is 0 Å². The summed E-state index contributed by atoms with van der Waals surface area (Å²) in [5, 5.41) is 5.45. The summed E-state index contributed by atoms with van der Waals surface area (Å²) in [6.07, 6.45) is 1.86. The lowest BCUT2D eigenvalue weighted by molar-refractivity contribution is 0.534. The van der Waals surface area contributed by atoms with Gasteiger partial charge in [-0.3, -0.25) is 4.68 Å². The van der Waals surface area contributed by atoms with E-state index in [2.05, 4.69) is 48.6 Å². The molecule has 0 aliphatic rings.